The van der Waals surface area contributed by atoms with E-state index in [2.05, 4.69) is 60.5 Å². The first-order valence-electron chi connectivity index (χ1n) is 6.72. The SMILES string of the molecule is CN(C1=C/C=C\C=C/C=C\1)c1ccccccccc1. The summed E-state index contributed by atoms with van der Waals surface area (Å²) in [7, 11) is 2.07. The van der Waals surface area contributed by atoms with E-state index in [-0.39, 0.29) is 0 Å². The van der Waals surface area contributed by atoms with Crippen molar-refractivity contribution in [1.82, 2.24) is 0 Å². The highest BCUT2D eigenvalue weighted by Crippen LogP contribution is 2.16. The van der Waals surface area contributed by atoms with Gasteiger partial charge in [0.15, 0.2) is 0 Å². The third kappa shape index (κ3) is 4.29. The molecule has 1 heteroatoms. The molecule has 0 radical (unpaired) electrons. The smallest absolute Gasteiger partial charge is 0.0408 e. The first-order valence-corrected chi connectivity index (χ1v) is 6.72. The van der Waals surface area contributed by atoms with Crippen LogP contribution in [0.5, 0.6) is 0 Å². The van der Waals surface area contributed by atoms with Crippen molar-refractivity contribution in [2.45, 2.75) is 0 Å². The van der Waals surface area contributed by atoms with Gasteiger partial charge in [0.1, 0.15) is 0 Å². The monoisotopic (exact) mass is 261 g/mol. The second-order valence-corrected chi connectivity index (χ2v) is 4.38. The van der Waals surface area contributed by atoms with Crippen molar-refractivity contribution in [1.29, 1.82) is 0 Å². The third-order valence-corrected chi connectivity index (χ3v) is 2.95. The van der Waals surface area contributed by atoms with E-state index in [1.54, 1.807) is 0 Å². The van der Waals surface area contributed by atoms with Crippen molar-refractivity contribution >= 4 is 5.69 Å². The van der Waals surface area contributed by atoms with E-state index in [1.807, 2.05) is 48.6 Å². The van der Waals surface area contributed by atoms with Crippen LogP contribution in [-0.4, -0.2) is 7.05 Å². The maximum atomic E-state index is 2.17. The lowest BCUT2D eigenvalue weighted by Crippen LogP contribution is -2.14. The molecule has 1 aromatic rings. The minimum Gasteiger partial charge on any atom is -0.345 e. The summed E-state index contributed by atoms with van der Waals surface area (Å²) < 4.78 is 0. The molecule has 1 aromatic carbocycles. The van der Waals surface area contributed by atoms with Gasteiger partial charge in [-0.15, -0.1) is 0 Å². The van der Waals surface area contributed by atoms with Crippen LogP contribution in [0.3, 0.4) is 0 Å². The van der Waals surface area contributed by atoms with Gasteiger partial charge in [-0.3, -0.25) is 0 Å². The van der Waals surface area contributed by atoms with Crippen molar-refractivity contribution in [2.75, 3.05) is 11.9 Å². The molecule has 1 aliphatic rings. The van der Waals surface area contributed by atoms with Gasteiger partial charge in [0.25, 0.3) is 0 Å². The molecule has 0 fully saturated rings. The predicted octanol–water partition coefficient (Wildman–Crippen LogP) is 4.81. The average Bonchev–Trinajstić information content (AvgIpc) is 2.44. The summed E-state index contributed by atoms with van der Waals surface area (Å²) in [5.74, 6) is 0. The van der Waals surface area contributed by atoms with E-state index < -0.39 is 0 Å². The summed E-state index contributed by atoms with van der Waals surface area (Å²) in [6.07, 6.45) is 14.4. The maximum absolute atomic E-state index is 2.17. The van der Waals surface area contributed by atoms with Crippen LogP contribution in [0.1, 0.15) is 0 Å². The Labute approximate surface area is 121 Å². The van der Waals surface area contributed by atoms with Gasteiger partial charge in [-0.05, 0) is 24.3 Å². The number of likely N-dealkylation sites (N-methyl/N-ethyl adjacent to an activating group) is 1. The van der Waals surface area contributed by atoms with Crippen LogP contribution in [0.15, 0.2) is 103 Å². The Hall–Kier alpha value is -2.54. The maximum Gasteiger partial charge on any atom is 0.0408 e. The van der Waals surface area contributed by atoms with Crippen LogP contribution in [-0.2, 0) is 0 Å². The van der Waals surface area contributed by atoms with Gasteiger partial charge in [-0.25, -0.2) is 0 Å². The van der Waals surface area contributed by atoms with Gasteiger partial charge in [-0.2, -0.15) is 0 Å². The largest absolute Gasteiger partial charge is 0.345 e. The van der Waals surface area contributed by atoms with E-state index in [0.29, 0.717) is 0 Å². The summed E-state index contributed by atoms with van der Waals surface area (Å²) in [6, 6.07) is 18.4. The first-order chi connectivity index (χ1) is 9.88. The Morgan fingerprint density at radius 1 is 0.650 bits per heavy atom. The van der Waals surface area contributed by atoms with E-state index in [9.17, 15) is 0 Å². The molecule has 1 aliphatic carbocycles. The zero-order chi connectivity index (χ0) is 14.0. The molecule has 0 aliphatic heterocycles. The normalized spacial score (nSPS) is 20.4. The van der Waals surface area contributed by atoms with Crippen molar-refractivity contribution in [2.24, 2.45) is 0 Å². The van der Waals surface area contributed by atoms with Gasteiger partial charge in [-0.1, -0.05) is 72.8 Å². The minimum absolute atomic E-state index is 1.13. The van der Waals surface area contributed by atoms with Gasteiger partial charge >= 0.3 is 0 Å². The molecule has 20 heavy (non-hydrogen) atoms. The minimum atomic E-state index is 1.13. The lowest BCUT2D eigenvalue weighted by atomic mass is 10.2. The zero-order valence-electron chi connectivity index (χ0n) is 11.7. The molecule has 0 atom stereocenters. The number of hydrogen-bond donors (Lipinski definition) is 0. The molecule has 0 spiro atoms. The first kappa shape index (κ1) is 13.9. The quantitative estimate of drug-likeness (QED) is 0.738. The molecule has 0 N–H and O–H groups in total. The van der Waals surface area contributed by atoms with E-state index in [4.69, 9.17) is 0 Å². The van der Waals surface area contributed by atoms with Crippen molar-refractivity contribution in [3.63, 3.8) is 0 Å². The van der Waals surface area contributed by atoms with Gasteiger partial charge < -0.3 is 4.90 Å². The Bertz CT molecular complexity index is 580. The number of rotatable bonds is 2. The molecular weight excluding hydrogens is 242 g/mol. The van der Waals surface area contributed by atoms with E-state index >= 15 is 0 Å². The Morgan fingerprint density at radius 3 is 1.90 bits per heavy atom. The number of nitrogens with zero attached hydrogens (tertiary/aromatic N) is 1. The fourth-order valence-corrected chi connectivity index (χ4v) is 1.84. The van der Waals surface area contributed by atoms with Gasteiger partial charge in [0, 0.05) is 18.4 Å². The number of hydrogen-bond acceptors (Lipinski definition) is 1. The van der Waals surface area contributed by atoms with Crippen LogP contribution in [0.4, 0.5) is 5.69 Å². The van der Waals surface area contributed by atoms with Crippen molar-refractivity contribution in [3.8, 4) is 0 Å². The van der Waals surface area contributed by atoms with Crippen molar-refractivity contribution < 1.29 is 0 Å². The highest BCUT2D eigenvalue weighted by Gasteiger charge is 2.01. The lowest BCUT2D eigenvalue weighted by molar-refractivity contribution is 1.14. The Morgan fingerprint density at radius 2 is 1.20 bits per heavy atom. The lowest BCUT2D eigenvalue weighted by Gasteiger charge is -2.20. The van der Waals surface area contributed by atoms with E-state index in [1.165, 1.54) is 0 Å². The van der Waals surface area contributed by atoms with Crippen LogP contribution >= 0.6 is 0 Å². The third-order valence-electron chi connectivity index (χ3n) is 2.95. The number of anilines is 1. The number of allylic oxidation sites excluding steroid dienone is 7. The van der Waals surface area contributed by atoms with Gasteiger partial charge in [0.2, 0.25) is 0 Å². The fraction of sp³-hybridized carbons (Fsp3) is 0.0526. The summed E-state index contributed by atoms with van der Waals surface area (Å²) >= 11 is 0. The second-order valence-electron chi connectivity index (χ2n) is 4.38. The highest BCUT2D eigenvalue weighted by molar-refractivity contribution is 5.54. The molecule has 0 heterocycles. The van der Waals surface area contributed by atoms with Gasteiger partial charge in [0.05, 0.1) is 0 Å². The fourth-order valence-electron chi connectivity index (χ4n) is 1.84. The molecule has 0 saturated heterocycles. The standard InChI is InChI=1S/C19H19N/c1-20(19-16-12-8-5-9-13-17-19)18-14-10-6-3-2-4-7-11-15-18/h2-17H,1H3/b3-2?,4-2?,6-3?,7-4?,8-5-,9-5?,10-6?,11-7?,12-8?,13-9-,14-10?,15-11?,16-12-,17-13?,18-14?,18-15?,19-16?,19-17+. The van der Waals surface area contributed by atoms with E-state index in [0.717, 1.165) is 11.4 Å². The Kier molecular flexibility index (Phi) is 5.41. The molecule has 0 saturated carbocycles. The predicted molar refractivity (Wildman–Crippen MR) is 88.0 cm³/mol. The molecular formula is C19H19N. The van der Waals surface area contributed by atoms with Crippen LogP contribution in [0.25, 0.3) is 0 Å². The molecule has 2 rings (SSSR count). The van der Waals surface area contributed by atoms with Crippen LogP contribution < -0.4 is 4.90 Å². The van der Waals surface area contributed by atoms with Crippen molar-refractivity contribution in [3.05, 3.63) is 103 Å². The van der Waals surface area contributed by atoms with Crippen LogP contribution in [0, 0.1) is 0 Å². The summed E-state index contributed by atoms with van der Waals surface area (Å²) in [6.45, 7) is 0. The van der Waals surface area contributed by atoms with Crippen LogP contribution in [0.2, 0.25) is 0 Å². The molecule has 100 valence electrons. The summed E-state index contributed by atoms with van der Waals surface area (Å²) in [5.41, 5.74) is 2.28. The topological polar surface area (TPSA) is 3.24 Å². The Balaban J connectivity index is 2.35. The molecule has 0 unspecified atom stereocenters. The molecule has 1 nitrogen and oxygen atoms in total. The zero-order valence-corrected chi connectivity index (χ0v) is 11.7. The second kappa shape index (κ2) is 7.80. The summed E-state index contributed by atoms with van der Waals surface area (Å²) in [4.78, 5) is 2.17. The summed E-state index contributed by atoms with van der Waals surface area (Å²) in [5, 5.41) is 0. The molecule has 0 bridgehead atoms. The molecule has 0 aromatic heterocycles. The average molecular weight is 261 g/mol. The molecule has 0 amide bonds. The highest BCUT2D eigenvalue weighted by atomic mass is 15.1.